The van der Waals surface area contributed by atoms with Crippen LogP contribution in [0, 0.1) is 12.3 Å². The van der Waals surface area contributed by atoms with Crippen LogP contribution in [0.15, 0.2) is 0 Å². The molecule has 1 amide bonds. The molecule has 0 unspecified atom stereocenters. The standard InChI is InChI=1S/C12H24N3O2/c1-11(10-12(13)16)2-3-14-4-5-15-6-8-17-9-7-15/h2,11,14H,3-10H2,1H3,(H2,13,16)/t11-/m0/s1. The van der Waals surface area contributed by atoms with E-state index in [1.807, 2.05) is 6.92 Å². The normalized spacial score (nSPS) is 19.1. The second-order valence-corrected chi connectivity index (χ2v) is 4.54. The topological polar surface area (TPSA) is 67.6 Å². The van der Waals surface area contributed by atoms with Gasteiger partial charge in [-0.15, -0.1) is 0 Å². The number of morpholine rings is 1. The molecule has 1 saturated heterocycles. The van der Waals surface area contributed by atoms with Crippen LogP contribution in [0.5, 0.6) is 0 Å². The predicted molar refractivity (Wildman–Crippen MR) is 67.4 cm³/mol. The first-order valence-electron chi connectivity index (χ1n) is 6.31. The molecule has 1 radical (unpaired) electrons. The predicted octanol–water partition coefficient (Wildman–Crippen LogP) is -0.376. The number of ether oxygens (including phenoxy) is 1. The quantitative estimate of drug-likeness (QED) is 0.570. The third kappa shape index (κ3) is 7.31. The SMILES string of the molecule is C[C@@H]([CH]CNCCN1CCOCC1)CC(N)=O. The summed E-state index contributed by atoms with van der Waals surface area (Å²) in [5, 5.41) is 3.35. The Kier molecular flexibility index (Phi) is 7.16. The van der Waals surface area contributed by atoms with Crippen LogP contribution in [0.4, 0.5) is 0 Å². The number of nitrogens with one attached hydrogen (secondary N) is 1. The number of rotatable bonds is 8. The van der Waals surface area contributed by atoms with Gasteiger partial charge in [-0.2, -0.15) is 0 Å². The zero-order valence-electron chi connectivity index (χ0n) is 10.7. The van der Waals surface area contributed by atoms with Gasteiger partial charge in [0.25, 0.3) is 0 Å². The average Bonchev–Trinajstić information content (AvgIpc) is 2.29. The molecule has 1 rings (SSSR count). The first-order valence-corrected chi connectivity index (χ1v) is 6.31. The number of nitrogens with zero attached hydrogens (tertiary/aromatic N) is 1. The molecule has 5 heteroatoms. The highest BCUT2D eigenvalue weighted by Crippen LogP contribution is 2.03. The van der Waals surface area contributed by atoms with E-state index in [0.717, 1.165) is 45.9 Å². The zero-order chi connectivity index (χ0) is 12.5. The van der Waals surface area contributed by atoms with Crippen molar-refractivity contribution in [2.75, 3.05) is 45.9 Å². The minimum absolute atomic E-state index is 0.234. The van der Waals surface area contributed by atoms with Gasteiger partial charge >= 0.3 is 0 Å². The summed E-state index contributed by atoms with van der Waals surface area (Å²) < 4.78 is 5.28. The molecule has 0 aliphatic carbocycles. The number of hydrogen-bond donors (Lipinski definition) is 2. The monoisotopic (exact) mass is 242 g/mol. The number of carbonyl (C=O) groups is 1. The van der Waals surface area contributed by atoms with Gasteiger partial charge in [-0.25, -0.2) is 0 Å². The summed E-state index contributed by atoms with van der Waals surface area (Å²) in [4.78, 5) is 13.1. The van der Waals surface area contributed by atoms with Crippen LogP contribution >= 0.6 is 0 Å². The van der Waals surface area contributed by atoms with E-state index in [2.05, 4.69) is 16.6 Å². The fourth-order valence-corrected chi connectivity index (χ4v) is 1.85. The Morgan fingerprint density at radius 2 is 2.24 bits per heavy atom. The van der Waals surface area contributed by atoms with Crippen molar-refractivity contribution in [3.8, 4) is 0 Å². The van der Waals surface area contributed by atoms with Crippen molar-refractivity contribution >= 4 is 5.91 Å². The molecule has 99 valence electrons. The average molecular weight is 242 g/mol. The van der Waals surface area contributed by atoms with Gasteiger partial charge in [-0.3, -0.25) is 9.69 Å². The van der Waals surface area contributed by atoms with Crippen molar-refractivity contribution < 1.29 is 9.53 Å². The summed E-state index contributed by atoms with van der Waals surface area (Å²) >= 11 is 0. The Morgan fingerprint density at radius 1 is 1.53 bits per heavy atom. The lowest BCUT2D eigenvalue weighted by molar-refractivity contribution is -0.118. The molecule has 1 aliphatic rings. The summed E-state index contributed by atoms with van der Waals surface area (Å²) in [7, 11) is 0. The number of hydrogen-bond acceptors (Lipinski definition) is 4. The molecule has 0 bridgehead atoms. The molecule has 0 spiro atoms. The molecule has 3 N–H and O–H groups in total. The van der Waals surface area contributed by atoms with E-state index in [-0.39, 0.29) is 11.8 Å². The highest BCUT2D eigenvalue weighted by Gasteiger charge is 2.09. The molecule has 0 aromatic heterocycles. The van der Waals surface area contributed by atoms with Gasteiger partial charge in [0.1, 0.15) is 0 Å². The fraction of sp³-hybridized carbons (Fsp3) is 0.833. The molecule has 1 heterocycles. The zero-order valence-corrected chi connectivity index (χ0v) is 10.7. The van der Waals surface area contributed by atoms with Gasteiger partial charge in [-0.1, -0.05) is 6.92 Å². The summed E-state index contributed by atoms with van der Waals surface area (Å²) in [5.41, 5.74) is 5.12. The first kappa shape index (κ1) is 14.4. The molecule has 1 fully saturated rings. The molecule has 5 nitrogen and oxygen atoms in total. The van der Waals surface area contributed by atoms with Gasteiger partial charge in [0.15, 0.2) is 0 Å². The van der Waals surface area contributed by atoms with E-state index in [0.29, 0.717) is 6.42 Å². The van der Waals surface area contributed by atoms with E-state index in [1.54, 1.807) is 0 Å². The van der Waals surface area contributed by atoms with Gasteiger partial charge in [0.2, 0.25) is 5.91 Å². The van der Waals surface area contributed by atoms with Gasteiger partial charge < -0.3 is 15.8 Å². The second-order valence-electron chi connectivity index (χ2n) is 4.54. The van der Waals surface area contributed by atoms with E-state index in [9.17, 15) is 4.79 Å². The number of amides is 1. The first-order chi connectivity index (χ1) is 8.18. The van der Waals surface area contributed by atoms with E-state index in [4.69, 9.17) is 10.5 Å². The minimum Gasteiger partial charge on any atom is -0.379 e. The lowest BCUT2D eigenvalue weighted by Gasteiger charge is -2.26. The lowest BCUT2D eigenvalue weighted by atomic mass is 10.0. The van der Waals surface area contributed by atoms with Crippen molar-refractivity contribution in [3.05, 3.63) is 6.42 Å². The maximum atomic E-state index is 10.7. The van der Waals surface area contributed by atoms with Crippen LogP contribution in [0.25, 0.3) is 0 Å². The Labute approximate surface area is 104 Å². The summed E-state index contributed by atoms with van der Waals surface area (Å²) in [5.74, 6) is 0.0189. The largest absolute Gasteiger partial charge is 0.379 e. The fourth-order valence-electron chi connectivity index (χ4n) is 1.85. The van der Waals surface area contributed by atoms with Crippen LogP contribution in [0.1, 0.15) is 13.3 Å². The Balaban J connectivity index is 1.91. The molecular weight excluding hydrogens is 218 g/mol. The maximum absolute atomic E-state index is 10.7. The van der Waals surface area contributed by atoms with Crippen LogP contribution < -0.4 is 11.1 Å². The minimum atomic E-state index is -0.234. The molecule has 0 saturated carbocycles. The van der Waals surface area contributed by atoms with Crippen LogP contribution in [0.2, 0.25) is 0 Å². The highest BCUT2D eigenvalue weighted by atomic mass is 16.5. The van der Waals surface area contributed by atoms with Crippen molar-refractivity contribution in [1.29, 1.82) is 0 Å². The summed E-state index contributed by atoms with van der Waals surface area (Å²) in [6, 6.07) is 0. The Hall–Kier alpha value is -0.650. The third-order valence-corrected chi connectivity index (χ3v) is 2.90. The second kappa shape index (κ2) is 8.44. The number of carbonyl (C=O) groups excluding carboxylic acids is 1. The molecule has 1 atom stereocenters. The van der Waals surface area contributed by atoms with Crippen molar-refractivity contribution in [1.82, 2.24) is 10.2 Å². The smallest absolute Gasteiger partial charge is 0.217 e. The Morgan fingerprint density at radius 3 is 2.88 bits per heavy atom. The number of nitrogens with two attached hydrogens (primary N) is 1. The highest BCUT2D eigenvalue weighted by molar-refractivity contribution is 5.74. The van der Waals surface area contributed by atoms with Gasteiger partial charge in [0.05, 0.1) is 13.2 Å². The molecular formula is C12H24N3O2. The van der Waals surface area contributed by atoms with Crippen LogP contribution in [-0.2, 0) is 9.53 Å². The molecule has 0 aromatic carbocycles. The lowest BCUT2D eigenvalue weighted by Crippen LogP contribution is -2.40. The van der Waals surface area contributed by atoms with Gasteiger partial charge in [-0.05, 0) is 18.9 Å². The van der Waals surface area contributed by atoms with Crippen molar-refractivity contribution in [3.63, 3.8) is 0 Å². The van der Waals surface area contributed by atoms with Crippen LogP contribution in [0.3, 0.4) is 0 Å². The molecule has 17 heavy (non-hydrogen) atoms. The third-order valence-electron chi connectivity index (χ3n) is 2.90. The molecule has 0 aromatic rings. The maximum Gasteiger partial charge on any atom is 0.217 e. The van der Waals surface area contributed by atoms with Crippen molar-refractivity contribution in [2.45, 2.75) is 13.3 Å². The Bertz CT molecular complexity index is 218. The van der Waals surface area contributed by atoms with Gasteiger partial charge in [0, 0.05) is 32.6 Å². The van der Waals surface area contributed by atoms with Crippen LogP contribution in [-0.4, -0.2) is 56.7 Å². The van der Waals surface area contributed by atoms with E-state index in [1.165, 1.54) is 0 Å². The van der Waals surface area contributed by atoms with E-state index >= 15 is 0 Å². The summed E-state index contributed by atoms with van der Waals surface area (Å²) in [6.45, 7) is 8.63. The number of primary amides is 1. The van der Waals surface area contributed by atoms with E-state index < -0.39 is 0 Å². The van der Waals surface area contributed by atoms with Crippen molar-refractivity contribution in [2.24, 2.45) is 11.7 Å². The molecule has 1 aliphatic heterocycles. The summed E-state index contributed by atoms with van der Waals surface area (Å²) in [6.07, 6.45) is 2.54.